The van der Waals surface area contributed by atoms with E-state index in [9.17, 15) is 10.1 Å². The number of anilines is 1. The van der Waals surface area contributed by atoms with Crippen LogP contribution in [-0.2, 0) is 11.4 Å². The number of ether oxygens (including phenoxy) is 2. The number of nitriles is 1. The molecule has 33 heavy (non-hydrogen) atoms. The van der Waals surface area contributed by atoms with Crippen molar-refractivity contribution in [2.24, 2.45) is 0 Å². The molecule has 0 saturated heterocycles. The largest absolute Gasteiger partial charge is 0.493 e. The number of halogens is 3. The Morgan fingerprint density at radius 3 is 2.58 bits per heavy atom. The monoisotopic (exact) mass is 544 g/mol. The minimum absolute atomic E-state index is 0.0711. The van der Waals surface area contributed by atoms with E-state index < -0.39 is 5.91 Å². The third-order valence-electron chi connectivity index (χ3n) is 4.74. The van der Waals surface area contributed by atoms with Gasteiger partial charge < -0.3 is 14.8 Å². The second-order valence-corrected chi connectivity index (χ2v) is 8.68. The Labute approximate surface area is 210 Å². The Bertz CT molecular complexity index is 1250. The van der Waals surface area contributed by atoms with E-state index in [1.54, 1.807) is 49.4 Å². The third kappa shape index (κ3) is 6.29. The van der Waals surface area contributed by atoms with Crippen molar-refractivity contribution < 1.29 is 14.3 Å². The average molecular weight is 546 g/mol. The lowest BCUT2D eigenvalue weighted by atomic mass is 10.1. The van der Waals surface area contributed by atoms with Crippen molar-refractivity contribution in [3.63, 3.8) is 0 Å². The molecule has 168 valence electrons. The molecule has 0 radical (unpaired) electrons. The second kappa shape index (κ2) is 11.2. The average Bonchev–Trinajstić information content (AvgIpc) is 2.80. The molecule has 0 saturated carbocycles. The van der Waals surface area contributed by atoms with Crippen LogP contribution in [0.3, 0.4) is 0 Å². The van der Waals surface area contributed by atoms with Gasteiger partial charge in [0.2, 0.25) is 0 Å². The summed E-state index contributed by atoms with van der Waals surface area (Å²) >= 11 is 15.5. The maximum absolute atomic E-state index is 12.7. The van der Waals surface area contributed by atoms with Gasteiger partial charge in [0.05, 0.1) is 11.6 Å². The van der Waals surface area contributed by atoms with Crippen LogP contribution in [0, 0.1) is 18.3 Å². The molecule has 0 bridgehead atoms. The number of nitrogens with one attached hydrogen (secondary N) is 1. The van der Waals surface area contributed by atoms with Gasteiger partial charge in [-0.1, -0.05) is 41.4 Å². The number of carbonyl (C=O) groups is 1. The highest BCUT2D eigenvalue weighted by molar-refractivity contribution is 9.10. The second-order valence-electron chi connectivity index (χ2n) is 6.99. The topological polar surface area (TPSA) is 71.3 Å². The van der Waals surface area contributed by atoms with Crippen LogP contribution < -0.4 is 14.8 Å². The molecular formula is C25H19BrCl2N2O3. The van der Waals surface area contributed by atoms with Crippen LogP contribution in [0.1, 0.15) is 16.7 Å². The predicted molar refractivity (Wildman–Crippen MR) is 135 cm³/mol. The van der Waals surface area contributed by atoms with Gasteiger partial charge in [-0.25, -0.2) is 0 Å². The van der Waals surface area contributed by atoms with E-state index in [1.165, 1.54) is 13.2 Å². The van der Waals surface area contributed by atoms with E-state index in [2.05, 4.69) is 21.2 Å². The fraction of sp³-hybridized carbons (Fsp3) is 0.120. The molecule has 5 nitrogen and oxygen atoms in total. The van der Waals surface area contributed by atoms with Crippen molar-refractivity contribution in [3.05, 3.63) is 91.4 Å². The number of amides is 1. The van der Waals surface area contributed by atoms with Gasteiger partial charge in [-0.15, -0.1) is 0 Å². The quantitative estimate of drug-likeness (QED) is 0.252. The van der Waals surface area contributed by atoms with E-state index in [0.29, 0.717) is 43.9 Å². The number of methoxy groups -OCH3 is 1. The Hall–Kier alpha value is -2.98. The van der Waals surface area contributed by atoms with E-state index in [-0.39, 0.29) is 5.57 Å². The molecule has 0 aliphatic heterocycles. The Morgan fingerprint density at radius 2 is 1.91 bits per heavy atom. The highest BCUT2D eigenvalue weighted by Crippen LogP contribution is 2.38. The van der Waals surface area contributed by atoms with E-state index in [0.717, 1.165) is 11.1 Å². The summed E-state index contributed by atoms with van der Waals surface area (Å²) in [5.74, 6) is 0.413. The fourth-order valence-electron chi connectivity index (χ4n) is 2.95. The first kappa shape index (κ1) is 24.7. The molecule has 0 aliphatic carbocycles. The van der Waals surface area contributed by atoms with Crippen molar-refractivity contribution >= 4 is 56.8 Å². The summed E-state index contributed by atoms with van der Waals surface area (Å²) in [5.41, 5.74) is 2.72. The van der Waals surface area contributed by atoms with Gasteiger partial charge in [-0.3, -0.25) is 4.79 Å². The Morgan fingerprint density at radius 1 is 1.18 bits per heavy atom. The first-order valence-corrected chi connectivity index (χ1v) is 11.3. The number of hydrogen-bond acceptors (Lipinski definition) is 4. The fourth-order valence-corrected chi connectivity index (χ4v) is 3.82. The molecule has 0 aliphatic rings. The third-order valence-corrected chi connectivity index (χ3v) is 5.99. The lowest BCUT2D eigenvalue weighted by Gasteiger charge is -2.14. The molecule has 0 heterocycles. The molecule has 1 N–H and O–H groups in total. The predicted octanol–water partition coefficient (Wildman–Crippen LogP) is 7.20. The van der Waals surface area contributed by atoms with Crippen LogP contribution in [0.4, 0.5) is 5.69 Å². The van der Waals surface area contributed by atoms with Gasteiger partial charge in [0, 0.05) is 15.7 Å². The number of carbonyl (C=O) groups excluding carboxylic acids is 1. The summed E-state index contributed by atoms with van der Waals surface area (Å²) < 4.78 is 12.0. The summed E-state index contributed by atoms with van der Waals surface area (Å²) in [7, 11) is 1.52. The van der Waals surface area contributed by atoms with Gasteiger partial charge in [-0.2, -0.15) is 5.26 Å². The first-order valence-electron chi connectivity index (χ1n) is 9.75. The molecule has 0 spiro atoms. The molecule has 0 aromatic heterocycles. The smallest absolute Gasteiger partial charge is 0.266 e. The van der Waals surface area contributed by atoms with Crippen LogP contribution in [0.5, 0.6) is 11.5 Å². The summed E-state index contributed by atoms with van der Waals surface area (Å²) in [6, 6.07) is 17.9. The van der Waals surface area contributed by atoms with Crippen molar-refractivity contribution in [1.29, 1.82) is 5.26 Å². The van der Waals surface area contributed by atoms with Gasteiger partial charge in [0.25, 0.3) is 5.91 Å². The van der Waals surface area contributed by atoms with Crippen LogP contribution in [0.15, 0.2) is 64.6 Å². The lowest BCUT2D eigenvalue weighted by Crippen LogP contribution is -2.14. The number of benzene rings is 3. The Balaban J connectivity index is 1.83. The van der Waals surface area contributed by atoms with Crippen molar-refractivity contribution in [1.82, 2.24) is 0 Å². The molecule has 3 rings (SSSR count). The SMILES string of the molecule is COc1cc(/C=C(/C#N)C(=O)Nc2cccc(Cl)c2C)cc(Br)c1OCc1ccc(Cl)cc1. The van der Waals surface area contributed by atoms with E-state index in [1.807, 2.05) is 18.2 Å². The summed E-state index contributed by atoms with van der Waals surface area (Å²) in [5, 5.41) is 13.5. The zero-order valence-corrected chi connectivity index (χ0v) is 20.9. The number of nitrogens with zero attached hydrogens (tertiary/aromatic N) is 1. The highest BCUT2D eigenvalue weighted by atomic mass is 79.9. The molecule has 3 aromatic carbocycles. The van der Waals surface area contributed by atoms with E-state index in [4.69, 9.17) is 32.7 Å². The standard InChI is InChI=1S/C25H19BrCl2N2O3/c1-15-21(28)4-3-5-22(15)30-25(31)18(13-29)10-17-11-20(26)24(23(12-17)32-2)33-14-16-6-8-19(27)9-7-16/h3-12H,14H2,1-2H3,(H,30,31)/b18-10-. The lowest BCUT2D eigenvalue weighted by molar-refractivity contribution is -0.112. The summed E-state index contributed by atoms with van der Waals surface area (Å²) in [4.78, 5) is 12.7. The van der Waals surface area contributed by atoms with Crippen molar-refractivity contribution in [3.8, 4) is 17.6 Å². The van der Waals surface area contributed by atoms with Crippen molar-refractivity contribution in [2.75, 3.05) is 12.4 Å². The summed E-state index contributed by atoms with van der Waals surface area (Å²) in [6.45, 7) is 2.10. The van der Waals surface area contributed by atoms with Gasteiger partial charge in [0.1, 0.15) is 18.2 Å². The molecule has 0 fully saturated rings. The van der Waals surface area contributed by atoms with Gasteiger partial charge in [-0.05, 0) is 82.0 Å². The Kier molecular flexibility index (Phi) is 8.40. The normalized spacial score (nSPS) is 11.0. The molecule has 0 unspecified atom stereocenters. The van der Waals surface area contributed by atoms with Crippen LogP contribution in [0.2, 0.25) is 10.0 Å². The van der Waals surface area contributed by atoms with Crippen molar-refractivity contribution in [2.45, 2.75) is 13.5 Å². The van der Waals surface area contributed by atoms with E-state index >= 15 is 0 Å². The van der Waals surface area contributed by atoms with Gasteiger partial charge in [0.15, 0.2) is 11.5 Å². The number of hydrogen-bond donors (Lipinski definition) is 1. The molecule has 3 aromatic rings. The minimum Gasteiger partial charge on any atom is -0.493 e. The first-order chi connectivity index (χ1) is 15.8. The van der Waals surface area contributed by atoms with Crippen LogP contribution >= 0.6 is 39.1 Å². The molecular weight excluding hydrogens is 527 g/mol. The summed E-state index contributed by atoms with van der Waals surface area (Å²) in [6.07, 6.45) is 1.48. The highest BCUT2D eigenvalue weighted by Gasteiger charge is 2.15. The van der Waals surface area contributed by atoms with Gasteiger partial charge >= 0.3 is 0 Å². The van der Waals surface area contributed by atoms with Crippen LogP contribution in [0.25, 0.3) is 6.08 Å². The minimum atomic E-state index is -0.541. The van der Waals surface area contributed by atoms with Crippen LogP contribution in [-0.4, -0.2) is 13.0 Å². The zero-order valence-electron chi connectivity index (χ0n) is 17.8. The molecule has 8 heteroatoms. The number of rotatable bonds is 7. The maximum atomic E-state index is 12.7. The zero-order chi connectivity index (χ0) is 24.0. The molecule has 1 amide bonds. The maximum Gasteiger partial charge on any atom is 0.266 e. The molecule has 0 atom stereocenters.